The Morgan fingerprint density at radius 1 is 1.13 bits per heavy atom. The van der Waals surface area contributed by atoms with E-state index in [0.29, 0.717) is 5.56 Å². The molecule has 30 heavy (non-hydrogen) atoms. The predicted molar refractivity (Wildman–Crippen MR) is 104 cm³/mol. The van der Waals surface area contributed by atoms with Gasteiger partial charge in [-0.15, -0.1) is 0 Å². The Labute approximate surface area is 170 Å². The summed E-state index contributed by atoms with van der Waals surface area (Å²) >= 11 is 0. The molecule has 0 radical (unpaired) electrons. The van der Waals surface area contributed by atoms with E-state index in [9.17, 15) is 23.1 Å². The van der Waals surface area contributed by atoms with E-state index in [2.05, 4.69) is 10.4 Å². The number of aliphatic hydroxyl groups is 1. The molecule has 2 aromatic carbocycles. The van der Waals surface area contributed by atoms with Gasteiger partial charge in [0.1, 0.15) is 18.5 Å². The summed E-state index contributed by atoms with van der Waals surface area (Å²) in [6, 6.07) is 12.9. The number of benzene rings is 2. The van der Waals surface area contributed by atoms with Gasteiger partial charge in [0, 0.05) is 24.0 Å². The van der Waals surface area contributed by atoms with Crippen molar-refractivity contribution in [2.45, 2.75) is 19.2 Å². The minimum Gasteiger partial charge on any atom is -0.491 e. The number of hydrogen-bond donors (Lipinski definition) is 2. The number of alkyl halides is 3. The summed E-state index contributed by atoms with van der Waals surface area (Å²) in [6.45, 7) is 1.67. The molecule has 1 unspecified atom stereocenters. The van der Waals surface area contributed by atoms with Crippen molar-refractivity contribution in [2.75, 3.05) is 13.2 Å². The van der Waals surface area contributed by atoms with Crippen molar-refractivity contribution in [1.82, 2.24) is 15.1 Å². The zero-order valence-electron chi connectivity index (χ0n) is 16.1. The van der Waals surface area contributed by atoms with Crippen molar-refractivity contribution in [3.05, 3.63) is 77.6 Å². The molecule has 2 N–H and O–H groups in total. The SMILES string of the molecule is Cc1ccnn1-c1ccc(C(=O)NCC(O)COc2ccc(C(F)(F)F)cc2)cc1. The van der Waals surface area contributed by atoms with Crippen LogP contribution >= 0.6 is 0 Å². The maximum Gasteiger partial charge on any atom is 0.416 e. The van der Waals surface area contributed by atoms with E-state index in [1.807, 2.05) is 13.0 Å². The van der Waals surface area contributed by atoms with Gasteiger partial charge in [-0.1, -0.05) is 0 Å². The summed E-state index contributed by atoms with van der Waals surface area (Å²) < 4.78 is 44.6. The highest BCUT2D eigenvalue weighted by atomic mass is 19.4. The van der Waals surface area contributed by atoms with Crippen molar-refractivity contribution in [2.24, 2.45) is 0 Å². The number of ether oxygens (including phenoxy) is 1. The number of carbonyl (C=O) groups excluding carboxylic acids is 1. The number of nitrogens with zero attached hydrogens (tertiary/aromatic N) is 2. The van der Waals surface area contributed by atoms with Gasteiger partial charge in [-0.05, 0) is 61.5 Å². The lowest BCUT2D eigenvalue weighted by molar-refractivity contribution is -0.137. The van der Waals surface area contributed by atoms with Gasteiger partial charge in [0.05, 0.1) is 11.3 Å². The average Bonchev–Trinajstić information content (AvgIpc) is 3.16. The van der Waals surface area contributed by atoms with E-state index in [0.717, 1.165) is 23.5 Å². The van der Waals surface area contributed by atoms with Gasteiger partial charge >= 0.3 is 6.18 Å². The molecular weight excluding hydrogens is 399 g/mol. The Morgan fingerprint density at radius 3 is 2.37 bits per heavy atom. The number of aliphatic hydroxyl groups excluding tert-OH is 1. The van der Waals surface area contributed by atoms with Crippen molar-refractivity contribution >= 4 is 5.91 Å². The van der Waals surface area contributed by atoms with E-state index in [1.54, 1.807) is 35.1 Å². The Hall–Kier alpha value is -3.33. The second-order valence-electron chi connectivity index (χ2n) is 6.63. The topological polar surface area (TPSA) is 76.4 Å². The number of halogens is 3. The third-order valence-electron chi connectivity index (χ3n) is 4.33. The first kappa shape index (κ1) is 21.4. The average molecular weight is 419 g/mol. The molecule has 0 spiro atoms. The second-order valence-corrected chi connectivity index (χ2v) is 6.63. The highest BCUT2D eigenvalue weighted by Gasteiger charge is 2.30. The van der Waals surface area contributed by atoms with Crippen LogP contribution < -0.4 is 10.1 Å². The second kappa shape index (κ2) is 9.00. The van der Waals surface area contributed by atoms with Crippen LogP contribution in [0.2, 0.25) is 0 Å². The largest absolute Gasteiger partial charge is 0.491 e. The number of hydrogen-bond acceptors (Lipinski definition) is 4. The van der Waals surface area contributed by atoms with Gasteiger partial charge < -0.3 is 15.2 Å². The molecule has 0 aliphatic heterocycles. The van der Waals surface area contributed by atoms with Crippen LogP contribution in [-0.2, 0) is 6.18 Å². The first-order valence-corrected chi connectivity index (χ1v) is 9.11. The summed E-state index contributed by atoms with van der Waals surface area (Å²) in [6.07, 6.45) is -3.76. The van der Waals surface area contributed by atoms with Crippen molar-refractivity contribution < 1.29 is 27.8 Å². The van der Waals surface area contributed by atoms with E-state index < -0.39 is 17.8 Å². The van der Waals surface area contributed by atoms with Gasteiger partial charge in [0.2, 0.25) is 0 Å². The highest BCUT2D eigenvalue weighted by Crippen LogP contribution is 2.30. The van der Waals surface area contributed by atoms with E-state index >= 15 is 0 Å². The molecule has 0 aliphatic rings. The molecule has 6 nitrogen and oxygen atoms in total. The number of aromatic nitrogens is 2. The zero-order chi connectivity index (χ0) is 21.7. The van der Waals surface area contributed by atoms with Gasteiger partial charge in [-0.3, -0.25) is 4.79 Å². The fourth-order valence-corrected chi connectivity index (χ4v) is 2.70. The number of nitrogens with one attached hydrogen (secondary N) is 1. The lowest BCUT2D eigenvalue weighted by Crippen LogP contribution is -2.35. The molecule has 1 amide bonds. The molecule has 1 atom stereocenters. The van der Waals surface area contributed by atoms with Crippen LogP contribution in [0.25, 0.3) is 5.69 Å². The molecule has 3 rings (SSSR count). The fraction of sp³-hybridized carbons (Fsp3) is 0.238. The molecule has 9 heteroatoms. The van der Waals surface area contributed by atoms with Crippen LogP contribution in [0.15, 0.2) is 60.8 Å². The third kappa shape index (κ3) is 5.38. The first-order valence-electron chi connectivity index (χ1n) is 9.11. The minimum atomic E-state index is -4.42. The number of rotatable bonds is 7. The Bertz CT molecular complexity index is 983. The van der Waals surface area contributed by atoms with Crippen LogP contribution in [0.3, 0.4) is 0 Å². The zero-order valence-corrected chi connectivity index (χ0v) is 16.1. The summed E-state index contributed by atoms with van der Waals surface area (Å²) in [5, 5.41) is 16.7. The molecule has 0 saturated carbocycles. The number of aryl methyl sites for hydroxylation is 1. The lowest BCUT2D eigenvalue weighted by Gasteiger charge is -2.14. The molecule has 0 saturated heterocycles. The molecule has 0 fully saturated rings. The summed E-state index contributed by atoms with van der Waals surface area (Å²) in [4.78, 5) is 12.2. The van der Waals surface area contributed by atoms with E-state index in [4.69, 9.17) is 4.74 Å². The van der Waals surface area contributed by atoms with Crippen LogP contribution in [0, 0.1) is 6.92 Å². The lowest BCUT2D eigenvalue weighted by atomic mass is 10.2. The quantitative estimate of drug-likeness (QED) is 0.616. The van der Waals surface area contributed by atoms with Crippen LogP contribution in [0.5, 0.6) is 5.75 Å². The molecule has 158 valence electrons. The number of amides is 1. The highest BCUT2D eigenvalue weighted by molar-refractivity contribution is 5.94. The molecule has 1 heterocycles. The molecule has 0 bridgehead atoms. The maximum absolute atomic E-state index is 12.5. The van der Waals surface area contributed by atoms with Crippen molar-refractivity contribution in [1.29, 1.82) is 0 Å². The normalized spacial score (nSPS) is 12.4. The standard InChI is InChI=1S/C21H20F3N3O3/c1-14-10-11-26-27(14)17-6-2-15(3-7-17)20(29)25-12-18(28)13-30-19-8-4-16(5-9-19)21(22,23)24/h2-11,18,28H,12-13H2,1H3,(H,25,29). The van der Waals surface area contributed by atoms with Crippen molar-refractivity contribution in [3.8, 4) is 11.4 Å². The smallest absolute Gasteiger partial charge is 0.416 e. The molecule has 3 aromatic rings. The predicted octanol–water partition coefficient (Wildman–Crippen LogP) is 3.37. The minimum absolute atomic E-state index is 0.0700. The van der Waals surface area contributed by atoms with Gasteiger partial charge in [-0.25, -0.2) is 4.68 Å². The fourth-order valence-electron chi connectivity index (χ4n) is 2.70. The summed E-state index contributed by atoms with van der Waals surface area (Å²) in [5.74, 6) is -0.176. The van der Waals surface area contributed by atoms with Crippen LogP contribution in [0.1, 0.15) is 21.6 Å². The molecule has 1 aromatic heterocycles. The van der Waals surface area contributed by atoms with E-state index in [-0.39, 0.29) is 24.8 Å². The summed E-state index contributed by atoms with van der Waals surface area (Å²) in [5.41, 5.74) is 1.42. The van der Waals surface area contributed by atoms with Gasteiger partial charge in [0.25, 0.3) is 5.91 Å². The van der Waals surface area contributed by atoms with Crippen molar-refractivity contribution in [3.63, 3.8) is 0 Å². The third-order valence-corrected chi connectivity index (χ3v) is 4.33. The van der Waals surface area contributed by atoms with Crippen LogP contribution in [-0.4, -0.2) is 40.0 Å². The van der Waals surface area contributed by atoms with Gasteiger partial charge in [-0.2, -0.15) is 18.3 Å². The Kier molecular flexibility index (Phi) is 6.41. The molecule has 0 aliphatic carbocycles. The first-order chi connectivity index (χ1) is 14.2. The van der Waals surface area contributed by atoms with Gasteiger partial charge in [0.15, 0.2) is 0 Å². The summed E-state index contributed by atoms with van der Waals surface area (Å²) in [7, 11) is 0. The van der Waals surface area contributed by atoms with E-state index in [1.165, 1.54) is 12.1 Å². The maximum atomic E-state index is 12.5. The monoisotopic (exact) mass is 419 g/mol. The number of carbonyl (C=O) groups is 1. The Morgan fingerprint density at radius 2 is 1.80 bits per heavy atom. The molecular formula is C21H20F3N3O3. The Balaban J connectivity index is 1.47. The van der Waals surface area contributed by atoms with Crippen LogP contribution in [0.4, 0.5) is 13.2 Å².